The molecule has 1 saturated heterocycles. The van der Waals surface area contributed by atoms with Gasteiger partial charge in [0.1, 0.15) is 5.75 Å². The number of fused-ring (bicyclic) bond motifs is 2. The highest BCUT2D eigenvalue weighted by atomic mass is 16.5. The van der Waals surface area contributed by atoms with Crippen LogP contribution in [0, 0.1) is 0 Å². The van der Waals surface area contributed by atoms with Gasteiger partial charge in [-0.15, -0.1) is 0 Å². The predicted octanol–water partition coefficient (Wildman–Crippen LogP) is 2.70. The van der Waals surface area contributed by atoms with Crippen LogP contribution in [0.25, 0.3) is 0 Å². The Labute approximate surface area is 160 Å². The van der Waals surface area contributed by atoms with Crippen LogP contribution in [0.2, 0.25) is 0 Å². The van der Waals surface area contributed by atoms with Crippen molar-refractivity contribution in [3.8, 4) is 5.75 Å². The van der Waals surface area contributed by atoms with Crippen LogP contribution in [-0.2, 0) is 23.3 Å². The monoisotopic (exact) mass is 368 g/mol. The van der Waals surface area contributed by atoms with Gasteiger partial charge >= 0.3 is 0 Å². The number of carbonyl (C=O) groups excluding carboxylic acids is 1. The summed E-state index contributed by atoms with van der Waals surface area (Å²) < 4.78 is 5.50. The van der Waals surface area contributed by atoms with Crippen molar-refractivity contribution in [2.45, 2.75) is 44.7 Å². The highest BCUT2D eigenvalue weighted by molar-refractivity contribution is 5.77. The van der Waals surface area contributed by atoms with Gasteiger partial charge in [0, 0.05) is 50.3 Å². The summed E-state index contributed by atoms with van der Waals surface area (Å²) in [6, 6.07) is 8.20. The van der Waals surface area contributed by atoms with E-state index in [9.17, 15) is 4.79 Å². The lowest BCUT2D eigenvalue weighted by Gasteiger charge is -2.50. The van der Waals surface area contributed by atoms with E-state index in [1.54, 1.807) is 13.4 Å². The molecule has 1 aromatic carbocycles. The first-order valence-corrected chi connectivity index (χ1v) is 9.85. The van der Waals surface area contributed by atoms with Crippen LogP contribution in [0.3, 0.4) is 0 Å². The summed E-state index contributed by atoms with van der Waals surface area (Å²) in [5.41, 5.74) is 3.25. The van der Waals surface area contributed by atoms with Gasteiger partial charge in [-0.25, -0.2) is 4.98 Å². The zero-order valence-electron chi connectivity index (χ0n) is 16.2. The van der Waals surface area contributed by atoms with Crippen molar-refractivity contribution in [2.75, 3.05) is 26.7 Å². The molecule has 27 heavy (non-hydrogen) atoms. The number of nitrogens with one attached hydrogen (secondary N) is 1. The molecular weight excluding hydrogens is 340 g/mol. The van der Waals surface area contributed by atoms with Crippen molar-refractivity contribution in [1.82, 2.24) is 19.8 Å². The Morgan fingerprint density at radius 3 is 2.78 bits per heavy atom. The second-order valence-electron chi connectivity index (χ2n) is 7.50. The lowest BCUT2D eigenvalue weighted by atomic mass is 9.78. The van der Waals surface area contributed by atoms with E-state index in [1.807, 2.05) is 19.1 Å². The van der Waals surface area contributed by atoms with Gasteiger partial charge in [0.15, 0.2) is 0 Å². The number of hydrogen-bond acceptors (Lipinski definition) is 4. The van der Waals surface area contributed by atoms with E-state index in [0.29, 0.717) is 6.42 Å². The molecule has 3 heterocycles. The molecule has 6 heteroatoms. The number of hydrogen-bond donors (Lipinski definition) is 1. The first kappa shape index (κ1) is 18.0. The number of aromatic nitrogens is 2. The molecule has 0 saturated carbocycles. The number of H-pyrrole nitrogens is 1. The second kappa shape index (κ2) is 7.35. The first-order chi connectivity index (χ1) is 13.2. The lowest BCUT2D eigenvalue weighted by Crippen LogP contribution is -2.58. The molecule has 0 atom stereocenters. The largest absolute Gasteiger partial charge is 0.496 e. The van der Waals surface area contributed by atoms with Crippen molar-refractivity contribution in [3.05, 3.63) is 47.5 Å². The first-order valence-electron chi connectivity index (χ1n) is 9.85. The summed E-state index contributed by atoms with van der Waals surface area (Å²) >= 11 is 0. The van der Waals surface area contributed by atoms with Crippen molar-refractivity contribution >= 4 is 5.91 Å². The zero-order valence-corrected chi connectivity index (χ0v) is 16.2. The summed E-state index contributed by atoms with van der Waals surface area (Å²) in [5, 5.41) is 0. The number of nitrogens with zero attached hydrogens (tertiary/aromatic N) is 3. The molecule has 1 amide bonds. The minimum atomic E-state index is -0.252. The highest BCUT2D eigenvalue weighted by Gasteiger charge is 2.48. The molecule has 1 spiro atoms. The normalized spacial score (nSPS) is 19.1. The fourth-order valence-corrected chi connectivity index (χ4v) is 4.69. The van der Waals surface area contributed by atoms with Crippen LogP contribution < -0.4 is 4.74 Å². The predicted molar refractivity (Wildman–Crippen MR) is 103 cm³/mol. The molecule has 0 unspecified atom stereocenters. The average Bonchev–Trinajstić information content (AvgIpc) is 3.20. The van der Waals surface area contributed by atoms with Crippen LogP contribution in [0.15, 0.2) is 30.6 Å². The minimum absolute atomic E-state index is 0.238. The van der Waals surface area contributed by atoms with E-state index in [0.717, 1.165) is 56.9 Å². The topological polar surface area (TPSA) is 61.5 Å². The third-order valence-electron chi connectivity index (χ3n) is 6.13. The van der Waals surface area contributed by atoms with E-state index >= 15 is 0 Å². The number of amides is 1. The van der Waals surface area contributed by atoms with Gasteiger partial charge < -0.3 is 14.6 Å². The number of ether oxygens (including phenoxy) is 1. The molecule has 0 aliphatic carbocycles. The zero-order chi connectivity index (χ0) is 18.9. The number of para-hydroxylation sites is 1. The van der Waals surface area contributed by atoms with E-state index in [1.165, 1.54) is 11.3 Å². The average molecular weight is 368 g/mol. The van der Waals surface area contributed by atoms with Crippen molar-refractivity contribution < 1.29 is 9.53 Å². The molecule has 1 fully saturated rings. The molecule has 2 aliphatic heterocycles. The molecule has 1 N–H and O–H groups in total. The van der Waals surface area contributed by atoms with E-state index in [-0.39, 0.29) is 11.4 Å². The third-order valence-corrected chi connectivity index (χ3v) is 6.13. The Bertz CT molecular complexity index is 808. The fourth-order valence-electron chi connectivity index (χ4n) is 4.69. The second-order valence-corrected chi connectivity index (χ2v) is 7.50. The molecule has 2 aromatic rings. The third kappa shape index (κ3) is 3.12. The van der Waals surface area contributed by atoms with Gasteiger partial charge in [-0.05, 0) is 18.9 Å². The van der Waals surface area contributed by atoms with Gasteiger partial charge in [-0.1, -0.05) is 25.1 Å². The number of methoxy groups -OCH3 is 1. The Hall–Kier alpha value is -2.34. The number of imidazole rings is 1. The quantitative estimate of drug-likeness (QED) is 0.901. The van der Waals surface area contributed by atoms with Gasteiger partial charge in [0.25, 0.3) is 0 Å². The Kier molecular flexibility index (Phi) is 4.91. The molecule has 0 bridgehead atoms. The van der Waals surface area contributed by atoms with Crippen molar-refractivity contribution in [3.63, 3.8) is 0 Å². The van der Waals surface area contributed by atoms with Crippen LogP contribution in [0.1, 0.15) is 43.1 Å². The lowest BCUT2D eigenvalue weighted by molar-refractivity contribution is -0.141. The maximum absolute atomic E-state index is 12.7. The van der Waals surface area contributed by atoms with Gasteiger partial charge in [-0.2, -0.15) is 0 Å². The smallest absolute Gasteiger partial charge is 0.223 e. The van der Waals surface area contributed by atoms with Crippen molar-refractivity contribution in [1.29, 1.82) is 0 Å². The van der Waals surface area contributed by atoms with Crippen molar-refractivity contribution in [2.24, 2.45) is 0 Å². The molecular formula is C21H28N4O2. The summed E-state index contributed by atoms with van der Waals surface area (Å²) in [4.78, 5) is 25.2. The van der Waals surface area contributed by atoms with Crippen LogP contribution in [0.4, 0.5) is 0 Å². The van der Waals surface area contributed by atoms with Crippen LogP contribution in [-0.4, -0.2) is 52.4 Å². The maximum atomic E-state index is 12.7. The number of rotatable bonds is 4. The Balaban J connectivity index is 1.55. The number of aromatic amines is 1. The number of piperidine rings is 1. The summed E-state index contributed by atoms with van der Waals surface area (Å²) in [5.74, 6) is 1.18. The van der Waals surface area contributed by atoms with Crippen LogP contribution in [0.5, 0.6) is 5.75 Å². The number of likely N-dealkylation sites (tertiary alicyclic amines) is 1. The SMILES string of the molecule is CCC(=O)N1CCc2[nH]cnc2C12CCN(Cc1ccccc1OC)CC2. The van der Waals surface area contributed by atoms with E-state index < -0.39 is 0 Å². The Morgan fingerprint density at radius 1 is 1.26 bits per heavy atom. The van der Waals surface area contributed by atoms with Gasteiger partial charge in [-0.3, -0.25) is 9.69 Å². The maximum Gasteiger partial charge on any atom is 0.223 e. The van der Waals surface area contributed by atoms with E-state index in [4.69, 9.17) is 4.74 Å². The standard InChI is InChI=1S/C21H28N4O2/c1-3-19(26)25-11-8-17-20(23-15-22-17)21(25)9-12-24(13-10-21)14-16-6-4-5-7-18(16)27-2/h4-7,15H,3,8-14H2,1-2H3,(H,22,23). The summed E-state index contributed by atoms with van der Waals surface area (Å²) in [7, 11) is 1.72. The molecule has 4 rings (SSSR count). The number of carbonyl (C=O) groups is 1. The minimum Gasteiger partial charge on any atom is -0.496 e. The van der Waals surface area contributed by atoms with E-state index in [2.05, 4.69) is 31.9 Å². The molecule has 0 radical (unpaired) electrons. The van der Waals surface area contributed by atoms with Crippen LogP contribution >= 0.6 is 0 Å². The molecule has 2 aliphatic rings. The van der Waals surface area contributed by atoms with Gasteiger partial charge in [0.2, 0.25) is 5.91 Å². The highest BCUT2D eigenvalue weighted by Crippen LogP contribution is 2.42. The van der Waals surface area contributed by atoms with Gasteiger partial charge in [0.05, 0.1) is 24.7 Å². The fraction of sp³-hybridized carbons (Fsp3) is 0.524. The molecule has 6 nitrogen and oxygen atoms in total. The summed E-state index contributed by atoms with van der Waals surface area (Å²) in [6.07, 6.45) is 5.05. The molecule has 1 aromatic heterocycles. The number of benzene rings is 1. The summed E-state index contributed by atoms with van der Waals surface area (Å²) in [6.45, 7) is 5.49. The Morgan fingerprint density at radius 2 is 2.04 bits per heavy atom. The molecule has 144 valence electrons.